The molecule has 1 saturated carbocycles. The zero-order chi connectivity index (χ0) is 15.8. The van der Waals surface area contributed by atoms with E-state index in [1.165, 1.54) is 18.4 Å². The van der Waals surface area contributed by atoms with Gasteiger partial charge in [0.05, 0.1) is 11.6 Å². The van der Waals surface area contributed by atoms with Crippen molar-refractivity contribution in [3.63, 3.8) is 0 Å². The number of amides is 1. The first-order chi connectivity index (χ1) is 11.2. The lowest BCUT2D eigenvalue weighted by molar-refractivity contribution is 0.0932. The molecule has 1 fully saturated rings. The van der Waals surface area contributed by atoms with E-state index in [1.54, 1.807) is 0 Å². The molecule has 1 aromatic heterocycles. The Morgan fingerprint density at radius 3 is 2.74 bits per heavy atom. The Kier molecular flexibility index (Phi) is 3.80. The van der Waals surface area contributed by atoms with Gasteiger partial charge in [-0.3, -0.25) is 9.89 Å². The maximum atomic E-state index is 12.7. The van der Waals surface area contributed by atoms with Crippen LogP contribution in [0.2, 0.25) is 0 Å². The summed E-state index contributed by atoms with van der Waals surface area (Å²) >= 11 is 2.20. The number of halogens is 1. The summed E-state index contributed by atoms with van der Waals surface area (Å²) in [7, 11) is 0. The van der Waals surface area contributed by atoms with Crippen LogP contribution >= 0.6 is 22.6 Å². The zero-order valence-corrected chi connectivity index (χ0v) is 14.6. The van der Waals surface area contributed by atoms with Gasteiger partial charge in [0.1, 0.15) is 3.70 Å². The molecule has 4 rings (SSSR count). The molecule has 0 radical (unpaired) electrons. The molecule has 0 spiro atoms. The lowest BCUT2D eigenvalue weighted by atomic mass is 10.0. The van der Waals surface area contributed by atoms with Crippen molar-refractivity contribution in [3.8, 4) is 0 Å². The molecule has 5 heteroatoms. The summed E-state index contributed by atoms with van der Waals surface area (Å²) in [5.41, 5.74) is 2.74. The average molecular weight is 417 g/mol. The predicted octanol–water partition coefficient (Wildman–Crippen LogP) is 4.05. The highest BCUT2D eigenvalue weighted by molar-refractivity contribution is 14.1. The number of nitrogens with zero attached hydrogens (tertiary/aromatic N) is 1. The molecule has 0 saturated heterocycles. The minimum absolute atomic E-state index is 0.0235. The van der Waals surface area contributed by atoms with Crippen LogP contribution in [0, 0.1) is 9.62 Å². The largest absolute Gasteiger partial charge is 0.345 e. The van der Waals surface area contributed by atoms with Crippen LogP contribution in [0.3, 0.4) is 0 Å². The molecule has 1 heterocycles. The number of hydrogen-bond donors (Lipinski definition) is 2. The zero-order valence-electron chi connectivity index (χ0n) is 12.4. The Morgan fingerprint density at radius 1 is 1.22 bits per heavy atom. The number of aromatic amines is 1. The summed E-state index contributed by atoms with van der Waals surface area (Å²) < 4.78 is 0.953. The van der Waals surface area contributed by atoms with Crippen molar-refractivity contribution in [1.29, 1.82) is 0 Å². The Bertz CT molecular complexity index is 855. The monoisotopic (exact) mass is 417 g/mol. The van der Waals surface area contributed by atoms with E-state index in [1.807, 2.05) is 36.4 Å². The standard InChI is InChI=1S/C18H16IN3O/c19-17-14-10-13(8-9-15(14)21-22-17)18(23)20-16(12-6-7-12)11-4-2-1-3-5-11/h1-5,8-10,12,16H,6-7H2,(H,20,23)(H,21,22)/t16-/m0/s1. The Hall–Kier alpha value is -1.89. The van der Waals surface area contributed by atoms with Gasteiger partial charge < -0.3 is 5.32 Å². The van der Waals surface area contributed by atoms with Gasteiger partial charge in [-0.15, -0.1) is 0 Å². The van der Waals surface area contributed by atoms with Crippen molar-refractivity contribution in [3.05, 3.63) is 63.4 Å². The van der Waals surface area contributed by atoms with Crippen molar-refractivity contribution in [2.24, 2.45) is 5.92 Å². The molecule has 1 amide bonds. The first kappa shape index (κ1) is 14.7. The quantitative estimate of drug-likeness (QED) is 0.630. The molecule has 0 aliphatic heterocycles. The molecule has 0 bridgehead atoms. The molecule has 0 unspecified atom stereocenters. The molecule has 1 atom stereocenters. The third-order valence-electron chi connectivity index (χ3n) is 4.31. The van der Waals surface area contributed by atoms with Crippen LogP contribution < -0.4 is 5.32 Å². The second-order valence-corrected chi connectivity index (χ2v) is 7.05. The smallest absolute Gasteiger partial charge is 0.251 e. The summed E-state index contributed by atoms with van der Waals surface area (Å²) in [6.45, 7) is 0. The first-order valence-electron chi connectivity index (χ1n) is 7.72. The fraction of sp³-hybridized carbons (Fsp3) is 0.222. The highest BCUT2D eigenvalue weighted by atomic mass is 127. The van der Waals surface area contributed by atoms with E-state index in [4.69, 9.17) is 0 Å². The summed E-state index contributed by atoms with van der Waals surface area (Å²) in [4.78, 5) is 12.7. The van der Waals surface area contributed by atoms with Crippen molar-refractivity contribution < 1.29 is 4.79 Å². The van der Waals surface area contributed by atoms with Gasteiger partial charge in [-0.1, -0.05) is 30.3 Å². The third-order valence-corrected chi connectivity index (χ3v) is 5.13. The molecular weight excluding hydrogens is 401 g/mol. The molecule has 4 nitrogen and oxygen atoms in total. The van der Waals surface area contributed by atoms with Crippen molar-refractivity contribution in [2.75, 3.05) is 0 Å². The molecule has 1 aliphatic carbocycles. The van der Waals surface area contributed by atoms with Crippen LogP contribution in [0.25, 0.3) is 10.9 Å². The number of fused-ring (bicyclic) bond motifs is 1. The molecule has 23 heavy (non-hydrogen) atoms. The molecule has 2 aromatic carbocycles. The van der Waals surface area contributed by atoms with Gasteiger partial charge in [0.25, 0.3) is 5.91 Å². The molecular formula is C18H16IN3O. The number of aromatic nitrogens is 2. The maximum Gasteiger partial charge on any atom is 0.251 e. The fourth-order valence-corrected chi connectivity index (χ4v) is 3.46. The van der Waals surface area contributed by atoms with Crippen LogP contribution in [0.5, 0.6) is 0 Å². The van der Waals surface area contributed by atoms with Gasteiger partial charge in [-0.25, -0.2) is 0 Å². The van der Waals surface area contributed by atoms with Gasteiger partial charge in [-0.05, 0) is 65.1 Å². The van der Waals surface area contributed by atoms with Crippen LogP contribution in [0.4, 0.5) is 0 Å². The van der Waals surface area contributed by atoms with Crippen LogP contribution in [-0.4, -0.2) is 16.1 Å². The van der Waals surface area contributed by atoms with E-state index >= 15 is 0 Å². The van der Waals surface area contributed by atoms with E-state index in [2.05, 4.69) is 50.2 Å². The number of carbonyl (C=O) groups excluding carboxylic acids is 1. The Morgan fingerprint density at radius 2 is 2.00 bits per heavy atom. The second-order valence-electron chi connectivity index (χ2n) is 5.97. The minimum Gasteiger partial charge on any atom is -0.345 e. The maximum absolute atomic E-state index is 12.7. The summed E-state index contributed by atoms with van der Waals surface area (Å²) in [5, 5.41) is 11.3. The van der Waals surface area contributed by atoms with E-state index in [-0.39, 0.29) is 11.9 Å². The number of nitrogens with one attached hydrogen (secondary N) is 2. The van der Waals surface area contributed by atoms with Gasteiger partial charge in [-0.2, -0.15) is 5.10 Å². The van der Waals surface area contributed by atoms with Crippen LogP contribution in [-0.2, 0) is 0 Å². The molecule has 3 aromatic rings. The van der Waals surface area contributed by atoms with Gasteiger partial charge in [0.15, 0.2) is 0 Å². The lowest BCUT2D eigenvalue weighted by Gasteiger charge is -2.19. The third kappa shape index (κ3) is 2.97. The second kappa shape index (κ2) is 5.96. The predicted molar refractivity (Wildman–Crippen MR) is 98.2 cm³/mol. The number of benzene rings is 2. The van der Waals surface area contributed by atoms with E-state index in [0.717, 1.165) is 14.6 Å². The van der Waals surface area contributed by atoms with Gasteiger partial charge in [0.2, 0.25) is 0 Å². The summed E-state index contributed by atoms with van der Waals surface area (Å²) in [6.07, 6.45) is 2.36. The van der Waals surface area contributed by atoms with Gasteiger partial charge in [0, 0.05) is 10.9 Å². The van der Waals surface area contributed by atoms with E-state index in [0.29, 0.717) is 11.5 Å². The number of hydrogen-bond acceptors (Lipinski definition) is 2. The minimum atomic E-state index is -0.0235. The normalized spacial score (nSPS) is 15.5. The van der Waals surface area contributed by atoms with Crippen molar-refractivity contribution in [1.82, 2.24) is 15.5 Å². The summed E-state index contributed by atoms with van der Waals surface area (Å²) in [5.74, 6) is 0.531. The van der Waals surface area contributed by atoms with E-state index < -0.39 is 0 Å². The number of rotatable bonds is 4. The van der Waals surface area contributed by atoms with Gasteiger partial charge >= 0.3 is 0 Å². The molecule has 116 valence electrons. The Balaban J connectivity index is 1.61. The number of H-pyrrole nitrogens is 1. The number of carbonyl (C=O) groups is 1. The van der Waals surface area contributed by atoms with E-state index in [9.17, 15) is 4.79 Å². The first-order valence-corrected chi connectivity index (χ1v) is 8.79. The highest BCUT2D eigenvalue weighted by Gasteiger charge is 2.33. The SMILES string of the molecule is O=C(N[C@@H](c1ccccc1)C1CC1)c1ccc2n[nH]c(I)c2c1. The average Bonchev–Trinajstić information content (AvgIpc) is 3.37. The van der Waals surface area contributed by atoms with Crippen molar-refractivity contribution in [2.45, 2.75) is 18.9 Å². The molecule has 2 N–H and O–H groups in total. The highest BCUT2D eigenvalue weighted by Crippen LogP contribution is 2.41. The molecule has 1 aliphatic rings. The topological polar surface area (TPSA) is 57.8 Å². The summed E-state index contributed by atoms with van der Waals surface area (Å²) in [6, 6.07) is 16.0. The fourth-order valence-electron chi connectivity index (χ4n) is 2.91. The Labute approximate surface area is 147 Å². The van der Waals surface area contributed by atoms with Crippen LogP contribution in [0.15, 0.2) is 48.5 Å². The van der Waals surface area contributed by atoms with Crippen molar-refractivity contribution >= 4 is 39.4 Å². The van der Waals surface area contributed by atoms with Crippen LogP contribution in [0.1, 0.15) is 34.8 Å². The lowest BCUT2D eigenvalue weighted by Crippen LogP contribution is -2.29.